The Labute approximate surface area is 86.1 Å². The monoisotopic (exact) mass is 216 g/mol. The summed E-state index contributed by atoms with van der Waals surface area (Å²) in [6.45, 7) is 0. The maximum absolute atomic E-state index is 10.8. The molecule has 0 heterocycles. The van der Waals surface area contributed by atoms with Crippen LogP contribution in [-0.2, 0) is 9.36 Å². The van der Waals surface area contributed by atoms with Crippen molar-refractivity contribution < 1.29 is 14.5 Å². The molecule has 0 saturated heterocycles. The minimum atomic E-state index is -0.793. The Morgan fingerprint density at radius 2 is 2.00 bits per heavy atom. The number of carboxylic acids is 1. The van der Waals surface area contributed by atoms with E-state index in [1.807, 2.05) is 0 Å². The maximum Gasteiger partial charge on any atom is 0.307 e. The van der Waals surface area contributed by atoms with Gasteiger partial charge >= 0.3 is 5.97 Å². The molecule has 1 saturated carbocycles. The average Bonchev–Trinajstić information content (AvgIpc) is 2.18. The van der Waals surface area contributed by atoms with E-state index in [9.17, 15) is 9.36 Å². The first kappa shape index (κ1) is 11.6. The van der Waals surface area contributed by atoms with E-state index in [1.54, 1.807) is 0 Å². The summed E-state index contributed by atoms with van der Waals surface area (Å²) in [6, 6.07) is 0. The molecule has 0 radical (unpaired) electrons. The lowest BCUT2D eigenvalue weighted by Crippen LogP contribution is -2.20. The summed E-state index contributed by atoms with van der Waals surface area (Å²) in [4.78, 5) is 10.8. The number of carbonyl (C=O) groups is 1. The van der Waals surface area contributed by atoms with Crippen LogP contribution in [0.2, 0.25) is 0 Å². The van der Waals surface area contributed by atoms with Crippen LogP contribution < -0.4 is 0 Å². The van der Waals surface area contributed by atoms with Gasteiger partial charge in [-0.2, -0.15) is 0 Å². The predicted molar refractivity (Wildman–Crippen MR) is 54.8 cm³/mol. The molecule has 0 amide bonds. The van der Waals surface area contributed by atoms with Gasteiger partial charge in [-0.1, -0.05) is 32.1 Å². The number of rotatable bonds is 5. The standard InChI is InChI=1S/C10H17O3P/c11-10(12)9(7-14-13)6-8-4-2-1-3-5-8/h8-9H,1-7H2,(H,11,12). The van der Waals surface area contributed by atoms with Gasteiger partial charge in [0, 0.05) is 6.16 Å². The quantitative estimate of drug-likeness (QED) is 0.719. The first-order valence-electron chi connectivity index (χ1n) is 5.26. The van der Waals surface area contributed by atoms with E-state index in [-0.39, 0.29) is 14.6 Å². The van der Waals surface area contributed by atoms with Crippen molar-refractivity contribution in [1.29, 1.82) is 0 Å². The predicted octanol–water partition coefficient (Wildman–Crippen LogP) is 2.95. The summed E-state index contributed by atoms with van der Waals surface area (Å²) in [5, 5.41) is 8.89. The summed E-state index contributed by atoms with van der Waals surface area (Å²) in [7, 11) is -0.0416. The highest BCUT2D eigenvalue weighted by Gasteiger charge is 2.23. The van der Waals surface area contributed by atoms with Crippen LogP contribution in [0.4, 0.5) is 0 Å². The van der Waals surface area contributed by atoms with E-state index in [4.69, 9.17) is 5.11 Å². The maximum atomic E-state index is 10.8. The fraction of sp³-hybridized carbons (Fsp3) is 0.900. The molecule has 4 heteroatoms. The average molecular weight is 216 g/mol. The lowest BCUT2D eigenvalue weighted by Gasteiger charge is -2.23. The Kier molecular flexibility index (Phi) is 5.10. The Morgan fingerprint density at radius 3 is 2.50 bits per heavy atom. The number of aliphatic carboxylic acids is 1. The van der Waals surface area contributed by atoms with E-state index in [0.717, 1.165) is 12.8 Å². The molecule has 1 unspecified atom stereocenters. The fourth-order valence-corrected chi connectivity index (χ4v) is 2.65. The Balaban J connectivity index is 2.36. The van der Waals surface area contributed by atoms with Gasteiger partial charge in [-0.3, -0.25) is 9.36 Å². The zero-order valence-electron chi connectivity index (χ0n) is 8.32. The van der Waals surface area contributed by atoms with Gasteiger partial charge in [0.05, 0.1) is 5.92 Å². The van der Waals surface area contributed by atoms with E-state index >= 15 is 0 Å². The highest BCUT2D eigenvalue weighted by molar-refractivity contribution is 7.23. The normalized spacial score (nSPS) is 20.9. The Morgan fingerprint density at radius 1 is 1.36 bits per heavy atom. The van der Waals surface area contributed by atoms with Crippen molar-refractivity contribution in [1.82, 2.24) is 0 Å². The Bertz CT molecular complexity index is 200. The van der Waals surface area contributed by atoms with Crippen molar-refractivity contribution >= 4 is 14.4 Å². The lowest BCUT2D eigenvalue weighted by molar-refractivity contribution is -0.141. The molecule has 0 aromatic rings. The van der Waals surface area contributed by atoms with Gasteiger partial charge < -0.3 is 5.11 Å². The first-order chi connectivity index (χ1) is 6.74. The van der Waals surface area contributed by atoms with Crippen molar-refractivity contribution in [3.63, 3.8) is 0 Å². The minimum absolute atomic E-state index is 0.0416. The molecule has 0 aromatic heterocycles. The van der Waals surface area contributed by atoms with Crippen LogP contribution in [0.15, 0.2) is 0 Å². The highest BCUT2D eigenvalue weighted by Crippen LogP contribution is 2.30. The van der Waals surface area contributed by atoms with Crippen LogP contribution in [0.1, 0.15) is 38.5 Å². The van der Waals surface area contributed by atoms with Gasteiger partial charge in [0.1, 0.15) is 0 Å². The molecule has 1 atom stereocenters. The van der Waals surface area contributed by atoms with Crippen LogP contribution in [-0.4, -0.2) is 17.2 Å². The molecule has 1 aliphatic carbocycles. The third-order valence-electron chi connectivity index (χ3n) is 2.99. The minimum Gasteiger partial charge on any atom is -0.481 e. The van der Waals surface area contributed by atoms with Gasteiger partial charge in [0.2, 0.25) is 0 Å². The second kappa shape index (κ2) is 6.13. The highest BCUT2D eigenvalue weighted by atomic mass is 31.1. The summed E-state index contributed by atoms with van der Waals surface area (Å²) in [6.07, 6.45) is 7.03. The molecule has 80 valence electrons. The van der Waals surface area contributed by atoms with Gasteiger partial charge in [-0.05, 0) is 12.3 Å². The molecule has 0 aliphatic heterocycles. The fourth-order valence-electron chi connectivity index (χ4n) is 2.17. The second-order valence-electron chi connectivity index (χ2n) is 4.09. The van der Waals surface area contributed by atoms with E-state index in [0.29, 0.717) is 12.3 Å². The van der Waals surface area contributed by atoms with E-state index in [1.165, 1.54) is 19.3 Å². The van der Waals surface area contributed by atoms with Crippen molar-refractivity contribution in [3.8, 4) is 0 Å². The smallest absolute Gasteiger partial charge is 0.307 e. The van der Waals surface area contributed by atoms with Gasteiger partial charge in [-0.25, -0.2) is 0 Å². The Hall–Kier alpha value is -0.430. The number of hydrogen-bond donors (Lipinski definition) is 1. The van der Waals surface area contributed by atoms with Crippen molar-refractivity contribution in [2.45, 2.75) is 38.5 Å². The van der Waals surface area contributed by atoms with Crippen LogP contribution in [0, 0.1) is 11.8 Å². The summed E-state index contributed by atoms with van der Waals surface area (Å²) >= 11 is 0. The third-order valence-corrected chi connectivity index (χ3v) is 3.58. The molecule has 0 aromatic carbocycles. The van der Waals surface area contributed by atoms with Gasteiger partial charge in [0.15, 0.2) is 8.46 Å². The largest absolute Gasteiger partial charge is 0.481 e. The summed E-state index contributed by atoms with van der Waals surface area (Å²) in [5.74, 6) is -0.650. The van der Waals surface area contributed by atoms with Gasteiger partial charge in [-0.15, -0.1) is 0 Å². The van der Waals surface area contributed by atoms with Crippen molar-refractivity contribution in [3.05, 3.63) is 0 Å². The van der Waals surface area contributed by atoms with E-state index in [2.05, 4.69) is 0 Å². The van der Waals surface area contributed by atoms with Gasteiger partial charge in [0.25, 0.3) is 0 Å². The summed E-state index contributed by atoms with van der Waals surface area (Å²) < 4.78 is 10.4. The molecule has 1 aliphatic rings. The zero-order chi connectivity index (χ0) is 10.4. The molecule has 1 fully saturated rings. The van der Waals surface area contributed by atoms with E-state index < -0.39 is 11.9 Å². The van der Waals surface area contributed by atoms with Crippen molar-refractivity contribution in [2.24, 2.45) is 11.8 Å². The molecule has 14 heavy (non-hydrogen) atoms. The molecule has 0 spiro atoms. The van der Waals surface area contributed by atoms with Crippen molar-refractivity contribution in [2.75, 3.05) is 6.16 Å². The number of carboxylic acid groups (broad SMARTS) is 1. The molecule has 1 N–H and O–H groups in total. The third kappa shape index (κ3) is 3.75. The van der Waals surface area contributed by atoms with Crippen LogP contribution in [0.5, 0.6) is 0 Å². The summed E-state index contributed by atoms with van der Waals surface area (Å²) in [5.41, 5.74) is 0. The molecular formula is C10H17O3P. The molecule has 0 bridgehead atoms. The topological polar surface area (TPSA) is 54.4 Å². The van der Waals surface area contributed by atoms with Crippen LogP contribution in [0.25, 0.3) is 0 Å². The number of hydrogen-bond acceptors (Lipinski definition) is 2. The second-order valence-corrected chi connectivity index (χ2v) is 4.71. The molecular weight excluding hydrogens is 199 g/mol. The SMILES string of the molecule is O=PCC(CC1CCCCC1)C(=O)O. The molecule has 1 rings (SSSR count). The van der Waals surface area contributed by atoms with Crippen LogP contribution in [0.3, 0.4) is 0 Å². The lowest BCUT2D eigenvalue weighted by atomic mass is 9.83. The first-order valence-corrected chi connectivity index (χ1v) is 6.25. The molecule has 3 nitrogen and oxygen atoms in total. The zero-order valence-corrected chi connectivity index (χ0v) is 9.21. The van der Waals surface area contributed by atoms with Crippen LogP contribution >= 0.6 is 8.46 Å².